The number of carboxylic acid groups (broad SMARTS) is 2. The van der Waals surface area contributed by atoms with E-state index in [1.807, 2.05) is 0 Å². The number of hydrogen-bond acceptors (Lipinski definition) is 22. The summed E-state index contributed by atoms with van der Waals surface area (Å²) in [5.74, 6) is -7.60. The summed E-state index contributed by atoms with van der Waals surface area (Å²) in [6.45, 7) is -1.41. The lowest BCUT2D eigenvalue weighted by Gasteiger charge is -2.52. The molecule has 3 saturated carbocycles. The number of aliphatic carboxylic acids is 2. The van der Waals surface area contributed by atoms with E-state index in [1.54, 1.807) is 6.08 Å². The Morgan fingerprint density at radius 1 is 0.561 bits per heavy atom. The molecule has 0 aromatic carbocycles. The third kappa shape index (κ3) is 13.4. The van der Waals surface area contributed by atoms with Crippen LogP contribution in [-0.4, -0.2) is 209 Å². The minimum Gasteiger partial charge on any atom is -0.481 e. The Hall–Kier alpha value is -3.47. The van der Waals surface area contributed by atoms with Gasteiger partial charge in [0, 0.05) is 18.4 Å². The lowest BCUT2D eigenvalue weighted by atomic mass is 9.73. The summed E-state index contributed by atoms with van der Waals surface area (Å²) in [6, 6.07) is 0. The molecule has 19 atom stereocenters. The minimum absolute atomic E-state index is 0.0609. The van der Waals surface area contributed by atoms with Crippen molar-refractivity contribution in [2.24, 2.45) is 17.8 Å². The molecular formula is C42H62O24. The quantitative estimate of drug-likeness (QED) is 0.0310. The fourth-order valence-electron chi connectivity index (χ4n) is 9.75. The smallest absolute Gasteiger partial charge is 0.330 e. The lowest BCUT2D eigenvalue weighted by Crippen LogP contribution is -2.63. The molecule has 374 valence electrons. The van der Waals surface area contributed by atoms with Gasteiger partial charge in [0.15, 0.2) is 18.7 Å². The van der Waals surface area contributed by atoms with Crippen LogP contribution in [0.3, 0.4) is 0 Å². The van der Waals surface area contributed by atoms with Gasteiger partial charge in [-0.3, -0.25) is 19.2 Å². The second kappa shape index (κ2) is 23.2. The Kier molecular flexibility index (Phi) is 18.3. The summed E-state index contributed by atoms with van der Waals surface area (Å²) in [7, 11) is 0. The lowest BCUT2D eigenvalue weighted by molar-refractivity contribution is -0.344. The normalized spacial score (nSPS) is 43.0. The summed E-state index contributed by atoms with van der Waals surface area (Å²) in [5, 5.41) is 114. The fourth-order valence-corrected chi connectivity index (χ4v) is 9.75. The molecule has 11 N–H and O–H groups in total. The number of rotatable bonds is 16. The maximum atomic E-state index is 12.7. The number of carbonyl (C=O) groups is 5. The first-order valence-electron chi connectivity index (χ1n) is 22.3. The van der Waals surface area contributed by atoms with Crippen LogP contribution < -0.4 is 0 Å². The van der Waals surface area contributed by atoms with Crippen LogP contribution in [0.4, 0.5) is 0 Å². The highest BCUT2D eigenvalue weighted by molar-refractivity contribution is 5.90. The zero-order valence-electron chi connectivity index (χ0n) is 35.9. The van der Waals surface area contributed by atoms with Gasteiger partial charge in [-0.2, -0.15) is 0 Å². The molecule has 0 spiro atoms. The van der Waals surface area contributed by atoms with Gasteiger partial charge in [0.2, 0.25) is 0 Å². The number of hydrogen-bond donors (Lipinski definition) is 11. The molecule has 0 aromatic heterocycles. The third-order valence-electron chi connectivity index (χ3n) is 13.3. The van der Waals surface area contributed by atoms with Crippen molar-refractivity contribution in [2.75, 3.05) is 13.2 Å². The molecule has 24 nitrogen and oxygen atoms in total. The van der Waals surface area contributed by atoms with E-state index in [2.05, 4.69) is 0 Å². The molecule has 6 aliphatic rings. The summed E-state index contributed by atoms with van der Waals surface area (Å²) >= 11 is 0. The second-order valence-electron chi connectivity index (χ2n) is 18.1. The largest absolute Gasteiger partial charge is 0.481 e. The van der Waals surface area contributed by atoms with E-state index in [0.717, 1.165) is 6.08 Å². The van der Waals surface area contributed by atoms with E-state index in [1.165, 1.54) is 0 Å². The zero-order chi connectivity index (χ0) is 48.0. The van der Waals surface area contributed by atoms with E-state index in [-0.39, 0.29) is 37.5 Å². The second-order valence-corrected chi connectivity index (χ2v) is 18.1. The predicted molar refractivity (Wildman–Crippen MR) is 212 cm³/mol. The molecule has 6 rings (SSSR count). The van der Waals surface area contributed by atoms with Gasteiger partial charge in [0.25, 0.3) is 0 Å². The van der Waals surface area contributed by atoms with E-state index in [0.29, 0.717) is 38.5 Å². The van der Waals surface area contributed by atoms with Crippen LogP contribution in [0.5, 0.6) is 0 Å². The van der Waals surface area contributed by atoms with E-state index in [4.69, 9.17) is 48.1 Å². The molecule has 0 bridgehead atoms. The predicted octanol–water partition coefficient (Wildman–Crippen LogP) is -3.48. The summed E-state index contributed by atoms with van der Waals surface area (Å²) < 4.78 is 46.5. The standard InChI is InChI=1S/C42H62O24/c43-19-5-3-18(4-6-19)39-26(63-41-37(57)35(55)34(54)27(64-41)15-59-31(51)8-2-17-1-7-22(45)23(46)9-17)12-21-24(61-39)10-20(44)11-25(21)62-42-38(58)36(56)40(66-33(53)14-30(49)50)28(65-42)16-60-32(52)13-29(47)48/h2,8,17-28,34-46,54-58H,1,3-7,9-16H2,(H,47,48)(H,49,50)/t17?,18?,19?,20?,21?,22?,23?,24?,25?,26?,27-,28-,34-,35-,36-,37-,38-,39?,40-,41-,42-/m0/s1. The Morgan fingerprint density at radius 3 is 1.85 bits per heavy atom. The van der Waals surface area contributed by atoms with Crippen molar-refractivity contribution >= 4 is 29.8 Å². The van der Waals surface area contributed by atoms with Gasteiger partial charge >= 0.3 is 29.8 Å². The molecule has 3 aliphatic carbocycles. The van der Waals surface area contributed by atoms with Crippen LogP contribution in [0.25, 0.3) is 0 Å². The van der Waals surface area contributed by atoms with Gasteiger partial charge in [-0.1, -0.05) is 6.08 Å². The average Bonchev–Trinajstić information content (AvgIpc) is 3.25. The van der Waals surface area contributed by atoms with Crippen molar-refractivity contribution < 1.29 is 118 Å². The van der Waals surface area contributed by atoms with Crippen LogP contribution in [0.2, 0.25) is 0 Å². The number of ether oxygens (including phenoxy) is 8. The van der Waals surface area contributed by atoms with Crippen molar-refractivity contribution in [3.05, 3.63) is 12.2 Å². The van der Waals surface area contributed by atoms with Gasteiger partial charge in [0.05, 0.1) is 48.8 Å². The number of aliphatic hydroxyl groups is 9. The first-order valence-corrected chi connectivity index (χ1v) is 22.3. The molecular weight excluding hydrogens is 888 g/mol. The zero-order valence-corrected chi connectivity index (χ0v) is 35.9. The molecule has 9 unspecified atom stereocenters. The Balaban J connectivity index is 1.17. The van der Waals surface area contributed by atoms with E-state index >= 15 is 0 Å². The van der Waals surface area contributed by atoms with E-state index < -0.39 is 172 Å². The molecule has 6 fully saturated rings. The molecule has 3 saturated heterocycles. The third-order valence-corrected chi connectivity index (χ3v) is 13.3. The maximum absolute atomic E-state index is 12.7. The minimum atomic E-state index is -2.03. The molecule has 24 heteroatoms. The first kappa shape index (κ1) is 51.9. The highest BCUT2D eigenvalue weighted by Gasteiger charge is 2.54. The van der Waals surface area contributed by atoms with Gasteiger partial charge < -0.3 is 94.1 Å². The molecule has 3 heterocycles. The average molecular weight is 951 g/mol. The Bertz CT molecular complexity index is 1690. The molecule has 0 radical (unpaired) electrons. The van der Waals surface area contributed by atoms with Gasteiger partial charge in [-0.25, -0.2) is 4.79 Å². The Labute approximate surface area is 377 Å². The van der Waals surface area contributed by atoms with Crippen LogP contribution in [0, 0.1) is 17.8 Å². The number of carbonyl (C=O) groups excluding carboxylic acids is 3. The summed E-state index contributed by atoms with van der Waals surface area (Å²) in [5.41, 5.74) is 0. The number of fused-ring (bicyclic) bond motifs is 1. The molecule has 0 aromatic rings. The number of esters is 3. The van der Waals surface area contributed by atoms with Crippen LogP contribution in [0.15, 0.2) is 12.2 Å². The highest BCUT2D eigenvalue weighted by Crippen LogP contribution is 2.45. The van der Waals surface area contributed by atoms with Crippen LogP contribution in [-0.2, 0) is 61.9 Å². The number of allylic oxidation sites excluding steroid dienone is 1. The Morgan fingerprint density at radius 2 is 1.18 bits per heavy atom. The van der Waals surface area contributed by atoms with Gasteiger partial charge in [0.1, 0.15) is 68.8 Å². The molecule has 66 heavy (non-hydrogen) atoms. The van der Waals surface area contributed by atoms with Gasteiger partial charge in [-0.05, 0) is 69.6 Å². The molecule has 3 aliphatic heterocycles. The molecule has 0 amide bonds. The highest BCUT2D eigenvalue weighted by atomic mass is 16.7. The van der Waals surface area contributed by atoms with Crippen molar-refractivity contribution in [1.29, 1.82) is 0 Å². The topological polar surface area (TPSA) is 382 Å². The first-order chi connectivity index (χ1) is 31.3. The van der Waals surface area contributed by atoms with Crippen LogP contribution >= 0.6 is 0 Å². The van der Waals surface area contributed by atoms with E-state index in [9.17, 15) is 69.9 Å². The monoisotopic (exact) mass is 950 g/mol. The van der Waals surface area contributed by atoms with Gasteiger partial charge in [-0.15, -0.1) is 0 Å². The maximum Gasteiger partial charge on any atom is 0.330 e. The summed E-state index contributed by atoms with van der Waals surface area (Å²) in [4.78, 5) is 59.3. The SMILES string of the molecule is O=C(O)CC(=O)OC[C@@H]1O[C@H](OC2CC(O)CC3OC(C4CCC(O)CC4)C(O[C@H]4O[C@@H](COC(=O)C=CC5CCC(O)C(O)C5)[C@H](O)[C@H](O)[C@@H]4O)CC32)[C@@H](O)[C@H](O)[C@H]1OC(=O)CC(=O)O. The fraction of sp³-hybridized carbons (Fsp3) is 0.833. The van der Waals surface area contributed by atoms with Crippen molar-refractivity contribution in [1.82, 2.24) is 0 Å². The number of carboxylic acids is 2. The summed E-state index contributed by atoms with van der Waals surface area (Å²) in [6.07, 6.45) is -20.9. The van der Waals surface area contributed by atoms with Crippen LogP contribution in [0.1, 0.15) is 77.0 Å². The number of aliphatic hydroxyl groups excluding tert-OH is 9. The van der Waals surface area contributed by atoms with Crippen molar-refractivity contribution in [3.63, 3.8) is 0 Å². The van der Waals surface area contributed by atoms with Crippen molar-refractivity contribution in [3.8, 4) is 0 Å². The van der Waals surface area contributed by atoms with Crippen molar-refractivity contribution in [2.45, 2.75) is 187 Å².